The van der Waals surface area contributed by atoms with Crippen molar-refractivity contribution in [2.75, 3.05) is 14.2 Å². The number of nitriles is 1. The second-order valence-electron chi connectivity index (χ2n) is 5.17. The lowest BCUT2D eigenvalue weighted by molar-refractivity contribution is -0.129. The molecule has 1 aliphatic rings. The summed E-state index contributed by atoms with van der Waals surface area (Å²) >= 11 is 0. The number of nitrogens with zero attached hydrogens (tertiary/aromatic N) is 2. The second kappa shape index (κ2) is 6.89. The van der Waals surface area contributed by atoms with Gasteiger partial charge in [0, 0.05) is 11.6 Å². The minimum absolute atomic E-state index is 0.159. The molecule has 0 saturated carbocycles. The lowest BCUT2D eigenvalue weighted by atomic mass is 10.1. The molecular formula is C19H14N2O4. The Morgan fingerprint density at radius 3 is 2.48 bits per heavy atom. The van der Waals surface area contributed by atoms with E-state index < -0.39 is 5.97 Å². The zero-order valence-corrected chi connectivity index (χ0v) is 13.6. The monoisotopic (exact) mass is 334 g/mol. The Balaban J connectivity index is 1.97. The third-order valence-corrected chi connectivity index (χ3v) is 3.54. The molecule has 0 saturated heterocycles. The van der Waals surface area contributed by atoms with E-state index in [9.17, 15) is 4.79 Å². The van der Waals surface area contributed by atoms with Crippen LogP contribution in [0.15, 0.2) is 53.2 Å². The van der Waals surface area contributed by atoms with Gasteiger partial charge < -0.3 is 14.2 Å². The quantitative estimate of drug-likeness (QED) is 0.634. The van der Waals surface area contributed by atoms with Gasteiger partial charge in [-0.1, -0.05) is 12.1 Å². The molecule has 0 amide bonds. The van der Waals surface area contributed by atoms with E-state index in [0.717, 1.165) is 0 Å². The van der Waals surface area contributed by atoms with Crippen molar-refractivity contribution in [1.82, 2.24) is 0 Å². The Labute approximate surface area is 144 Å². The summed E-state index contributed by atoms with van der Waals surface area (Å²) in [5.41, 5.74) is 1.92. The standard InChI is InChI=1S/C19H14N2O4/c1-23-15-8-14(9-16(10-15)24-2)18-21-17(19(22)25-18)7-12-4-3-5-13(6-12)11-20/h3-10H,1-2H3/b17-7+. The number of aliphatic imine (C=N–C) groups is 1. The van der Waals surface area contributed by atoms with Crippen LogP contribution in [0.3, 0.4) is 0 Å². The summed E-state index contributed by atoms with van der Waals surface area (Å²) in [5.74, 6) is 0.739. The third kappa shape index (κ3) is 3.51. The van der Waals surface area contributed by atoms with Crippen LogP contribution in [0, 0.1) is 11.3 Å². The summed E-state index contributed by atoms with van der Waals surface area (Å²) < 4.78 is 15.7. The molecule has 0 N–H and O–H groups in total. The van der Waals surface area contributed by atoms with Crippen molar-refractivity contribution >= 4 is 17.9 Å². The van der Waals surface area contributed by atoms with E-state index in [4.69, 9.17) is 19.5 Å². The topological polar surface area (TPSA) is 80.9 Å². The van der Waals surface area contributed by atoms with Crippen LogP contribution in [0.25, 0.3) is 6.08 Å². The van der Waals surface area contributed by atoms with Crippen LogP contribution in [-0.2, 0) is 9.53 Å². The Morgan fingerprint density at radius 2 is 1.84 bits per heavy atom. The average molecular weight is 334 g/mol. The predicted octanol–water partition coefficient (Wildman–Crippen LogP) is 2.92. The number of benzene rings is 2. The van der Waals surface area contributed by atoms with Gasteiger partial charge >= 0.3 is 5.97 Å². The first-order valence-electron chi connectivity index (χ1n) is 7.39. The van der Waals surface area contributed by atoms with Crippen molar-refractivity contribution in [1.29, 1.82) is 5.26 Å². The zero-order valence-electron chi connectivity index (χ0n) is 13.6. The van der Waals surface area contributed by atoms with Crippen LogP contribution in [0.4, 0.5) is 0 Å². The van der Waals surface area contributed by atoms with E-state index in [2.05, 4.69) is 11.1 Å². The maximum atomic E-state index is 12.1. The van der Waals surface area contributed by atoms with E-state index in [0.29, 0.717) is 28.2 Å². The summed E-state index contributed by atoms with van der Waals surface area (Å²) in [6.45, 7) is 0. The molecule has 0 unspecified atom stereocenters. The molecule has 0 atom stereocenters. The maximum absolute atomic E-state index is 12.1. The number of esters is 1. The largest absolute Gasteiger partial charge is 0.497 e. The highest BCUT2D eigenvalue weighted by molar-refractivity contribution is 6.13. The molecule has 0 fully saturated rings. The maximum Gasteiger partial charge on any atom is 0.363 e. The molecular weight excluding hydrogens is 320 g/mol. The molecule has 1 heterocycles. The molecule has 2 aromatic carbocycles. The fourth-order valence-corrected chi connectivity index (χ4v) is 2.32. The number of ether oxygens (including phenoxy) is 3. The van der Waals surface area contributed by atoms with Crippen molar-refractivity contribution in [2.24, 2.45) is 4.99 Å². The third-order valence-electron chi connectivity index (χ3n) is 3.54. The smallest absolute Gasteiger partial charge is 0.363 e. The number of methoxy groups -OCH3 is 2. The first-order chi connectivity index (χ1) is 12.1. The number of hydrogen-bond acceptors (Lipinski definition) is 6. The van der Waals surface area contributed by atoms with Crippen molar-refractivity contribution < 1.29 is 19.0 Å². The highest BCUT2D eigenvalue weighted by Gasteiger charge is 2.25. The molecule has 0 aromatic heterocycles. The molecule has 6 heteroatoms. The van der Waals surface area contributed by atoms with Gasteiger partial charge in [0.1, 0.15) is 11.5 Å². The lowest BCUT2D eigenvalue weighted by Crippen LogP contribution is -2.06. The van der Waals surface area contributed by atoms with E-state index >= 15 is 0 Å². The summed E-state index contributed by atoms with van der Waals surface area (Å²) in [6, 6.07) is 14.0. The minimum atomic E-state index is -0.556. The normalized spacial score (nSPS) is 14.7. The van der Waals surface area contributed by atoms with Crippen LogP contribution >= 0.6 is 0 Å². The van der Waals surface area contributed by atoms with Crippen molar-refractivity contribution in [3.8, 4) is 17.6 Å². The van der Waals surface area contributed by atoms with E-state index in [1.54, 1.807) is 48.5 Å². The van der Waals surface area contributed by atoms with E-state index in [1.807, 2.05) is 0 Å². The van der Waals surface area contributed by atoms with Crippen molar-refractivity contribution in [3.63, 3.8) is 0 Å². The fourth-order valence-electron chi connectivity index (χ4n) is 2.32. The van der Waals surface area contributed by atoms with Gasteiger partial charge in [0.2, 0.25) is 5.90 Å². The Bertz CT molecular complexity index is 916. The van der Waals surface area contributed by atoms with Gasteiger partial charge in [0.25, 0.3) is 0 Å². The molecule has 25 heavy (non-hydrogen) atoms. The first-order valence-corrected chi connectivity index (χ1v) is 7.39. The molecule has 2 aromatic rings. The first kappa shape index (κ1) is 16.3. The van der Waals surface area contributed by atoms with Crippen molar-refractivity contribution in [2.45, 2.75) is 0 Å². The molecule has 6 nitrogen and oxygen atoms in total. The van der Waals surface area contributed by atoms with Crippen LogP contribution in [-0.4, -0.2) is 26.1 Å². The van der Waals surface area contributed by atoms with Crippen LogP contribution in [0.2, 0.25) is 0 Å². The van der Waals surface area contributed by atoms with Crippen LogP contribution < -0.4 is 9.47 Å². The van der Waals surface area contributed by atoms with Gasteiger partial charge in [-0.05, 0) is 35.9 Å². The van der Waals surface area contributed by atoms with Crippen LogP contribution in [0.1, 0.15) is 16.7 Å². The number of hydrogen-bond donors (Lipinski definition) is 0. The van der Waals surface area contributed by atoms with Crippen LogP contribution in [0.5, 0.6) is 11.5 Å². The molecule has 1 aliphatic heterocycles. The summed E-state index contributed by atoms with van der Waals surface area (Å²) in [6.07, 6.45) is 1.58. The molecule has 0 bridgehead atoms. The number of cyclic esters (lactones) is 1. The second-order valence-corrected chi connectivity index (χ2v) is 5.17. The predicted molar refractivity (Wildman–Crippen MR) is 91.3 cm³/mol. The minimum Gasteiger partial charge on any atom is -0.497 e. The molecule has 0 aliphatic carbocycles. The summed E-state index contributed by atoms with van der Waals surface area (Å²) in [7, 11) is 3.07. The molecule has 0 radical (unpaired) electrons. The van der Waals surface area contributed by atoms with Gasteiger partial charge in [0.05, 0.1) is 25.9 Å². The Hall–Kier alpha value is -3.59. The van der Waals surface area contributed by atoms with E-state index in [-0.39, 0.29) is 11.6 Å². The van der Waals surface area contributed by atoms with E-state index in [1.165, 1.54) is 14.2 Å². The number of rotatable bonds is 4. The zero-order chi connectivity index (χ0) is 17.8. The van der Waals surface area contributed by atoms with Gasteiger partial charge in [-0.3, -0.25) is 0 Å². The van der Waals surface area contributed by atoms with Gasteiger partial charge in [-0.25, -0.2) is 9.79 Å². The Kier molecular flexibility index (Phi) is 4.48. The highest BCUT2D eigenvalue weighted by atomic mass is 16.6. The molecule has 0 spiro atoms. The average Bonchev–Trinajstić information content (AvgIpc) is 3.02. The summed E-state index contributed by atoms with van der Waals surface area (Å²) in [4.78, 5) is 16.3. The number of carbonyl (C=O) groups is 1. The summed E-state index contributed by atoms with van der Waals surface area (Å²) in [5, 5.41) is 8.95. The van der Waals surface area contributed by atoms with Crippen molar-refractivity contribution in [3.05, 3.63) is 64.9 Å². The van der Waals surface area contributed by atoms with Gasteiger partial charge in [-0.2, -0.15) is 5.26 Å². The van der Waals surface area contributed by atoms with Gasteiger partial charge in [-0.15, -0.1) is 0 Å². The molecule has 3 rings (SSSR count). The molecule has 124 valence electrons. The lowest BCUT2D eigenvalue weighted by Gasteiger charge is -2.07. The SMILES string of the molecule is COc1cc(OC)cc(C2=N/C(=C/c3cccc(C#N)c3)C(=O)O2)c1. The number of carbonyl (C=O) groups excluding carboxylic acids is 1. The Morgan fingerprint density at radius 1 is 1.12 bits per heavy atom. The fraction of sp³-hybridized carbons (Fsp3) is 0.105. The van der Waals surface area contributed by atoms with Gasteiger partial charge in [0.15, 0.2) is 5.70 Å². The highest BCUT2D eigenvalue weighted by Crippen LogP contribution is 2.26.